The lowest BCUT2D eigenvalue weighted by Gasteiger charge is -2.27. The van der Waals surface area contributed by atoms with E-state index in [0.29, 0.717) is 11.1 Å². The van der Waals surface area contributed by atoms with E-state index in [4.69, 9.17) is 9.47 Å². The minimum absolute atomic E-state index is 0.183. The summed E-state index contributed by atoms with van der Waals surface area (Å²) in [5.41, 5.74) is -1.78. The number of hydrogen-bond donors (Lipinski definition) is 4. The number of carbonyl (C=O) groups excluding carboxylic acids is 6. The Labute approximate surface area is 284 Å². The van der Waals surface area contributed by atoms with E-state index in [9.17, 15) is 49.2 Å². The van der Waals surface area contributed by atoms with Gasteiger partial charge in [0.2, 0.25) is 11.6 Å². The first-order valence-corrected chi connectivity index (χ1v) is 15.5. The zero-order valence-electron chi connectivity index (χ0n) is 27.7. The molecule has 2 aliphatic rings. The average molecular weight is 679 g/mol. The normalized spacial score (nSPS) is 14.3. The Balaban J connectivity index is 1.51. The second-order valence-corrected chi connectivity index (χ2v) is 12.3. The lowest BCUT2D eigenvalue weighted by Crippen LogP contribution is -2.25. The predicted molar refractivity (Wildman–Crippen MR) is 175 cm³/mol. The first kappa shape index (κ1) is 33.6. The zero-order valence-corrected chi connectivity index (χ0v) is 27.7. The molecule has 0 heterocycles. The molecule has 12 heteroatoms. The smallest absolute Gasteiger partial charge is 0.303 e. The largest absolute Gasteiger partial charge is 0.507 e. The van der Waals surface area contributed by atoms with Gasteiger partial charge in [-0.1, -0.05) is 0 Å². The molecule has 4 N–H and O–H groups in total. The summed E-state index contributed by atoms with van der Waals surface area (Å²) in [7, 11) is 0. The molecule has 0 saturated heterocycles. The van der Waals surface area contributed by atoms with E-state index >= 15 is 0 Å². The number of benzene rings is 4. The van der Waals surface area contributed by atoms with Gasteiger partial charge in [-0.3, -0.25) is 28.8 Å². The van der Waals surface area contributed by atoms with Gasteiger partial charge in [-0.2, -0.15) is 0 Å². The number of phenolic OH excluding ortho intramolecular Hbond substituents is 4. The molecule has 0 aromatic heterocycles. The van der Waals surface area contributed by atoms with Gasteiger partial charge in [-0.25, -0.2) is 0 Å². The summed E-state index contributed by atoms with van der Waals surface area (Å²) in [6.45, 7) is 8.56. The number of aromatic hydroxyl groups is 4. The molecule has 0 aliphatic heterocycles. The average Bonchev–Trinajstić information content (AvgIpc) is 3.01. The van der Waals surface area contributed by atoms with Crippen LogP contribution in [0.3, 0.4) is 0 Å². The van der Waals surface area contributed by atoms with Crippen molar-refractivity contribution < 1.29 is 58.7 Å². The number of carbonyl (C=O) groups is 6. The van der Waals surface area contributed by atoms with Crippen molar-refractivity contribution in [3.05, 3.63) is 103 Å². The van der Waals surface area contributed by atoms with Crippen molar-refractivity contribution in [2.45, 2.75) is 53.8 Å². The van der Waals surface area contributed by atoms with Crippen LogP contribution in [0, 0.1) is 13.8 Å². The summed E-state index contributed by atoms with van der Waals surface area (Å²) >= 11 is 0. The number of phenols is 4. The molecule has 0 spiro atoms. The van der Waals surface area contributed by atoms with Gasteiger partial charge < -0.3 is 29.9 Å². The van der Waals surface area contributed by atoms with Crippen LogP contribution in [0.15, 0.2) is 36.4 Å². The summed E-state index contributed by atoms with van der Waals surface area (Å²) in [6.07, 6.45) is -1.93. The van der Waals surface area contributed by atoms with E-state index in [1.54, 1.807) is 13.8 Å². The maximum absolute atomic E-state index is 14.0. The Hall–Kier alpha value is -6.30. The summed E-state index contributed by atoms with van der Waals surface area (Å²) in [6, 6.07) is 7.47. The number of esters is 2. The second kappa shape index (κ2) is 11.7. The van der Waals surface area contributed by atoms with Crippen molar-refractivity contribution in [3.8, 4) is 34.1 Å². The number of hydrogen-bond acceptors (Lipinski definition) is 12. The Kier molecular flexibility index (Phi) is 7.85. The number of aryl methyl sites for hydroxylation is 2. The predicted octanol–water partition coefficient (Wildman–Crippen LogP) is 5.59. The highest BCUT2D eigenvalue weighted by molar-refractivity contribution is 6.33. The van der Waals surface area contributed by atoms with Gasteiger partial charge in [0.05, 0.1) is 22.3 Å². The fraction of sp³-hybridized carbons (Fsp3) is 0.211. The van der Waals surface area contributed by atoms with Crippen molar-refractivity contribution in [2.75, 3.05) is 0 Å². The summed E-state index contributed by atoms with van der Waals surface area (Å²) in [5.74, 6) is -7.15. The molecule has 2 atom stereocenters. The van der Waals surface area contributed by atoms with E-state index in [0.717, 1.165) is 0 Å². The van der Waals surface area contributed by atoms with E-state index < -0.39 is 92.5 Å². The Bertz CT molecular complexity index is 2130. The van der Waals surface area contributed by atoms with Crippen LogP contribution in [-0.2, 0) is 19.1 Å². The maximum atomic E-state index is 14.0. The molecular weight excluding hydrogens is 648 g/mol. The van der Waals surface area contributed by atoms with Crippen LogP contribution in [0.25, 0.3) is 11.1 Å². The third kappa shape index (κ3) is 4.82. The topological polar surface area (TPSA) is 202 Å². The molecule has 12 nitrogen and oxygen atoms in total. The van der Waals surface area contributed by atoms with Gasteiger partial charge in [0, 0.05) is 58.4 Å². The zero-order chi connectivity index (χ0) is 36.7. The molecule has 0 bridgehead atoms. The summed E-state index contributed by atoms with van der Waals surface area (Å²) in [5, 5.41) is 44.7. The van der Waals surface area contributed by atoms with Crippen molar-refractivity contribution in [1.82, 2.24) is 0 Å². The lowest BCUT2D eigenvalue weighted by atomic mass is 9.76. The quantitative estimate of drug-likeness (QED) is 0.165. The molecule has 0 amide bonds. The monoisotopic (exact) mass is 678 g/mol. The fourth-order valence-electron chi connectivity index (χ4n) is 7.20. The standard InChI is InChI=1S/C38H30O12/c1-13-11-23(41)29-31(25(13)15(3)49-17(5)39)35(45)21-9-7-19(33(43)27(21)37(29)47)20-8-10-22-28(34(20)44)38(48)30-24(42)12-14(2)26(32(30)36(22)46)16(4)50-18(6)40/h7-12,15-16,41-44H,1-6H3. The molecule has 4 aromatic carbocycles. The highest BCUT2D eigenvalue weighted by Gasteiger charge is 2.41. The summed E-state index contributed by atoms with van der Waals surface area (Å²) in [4.78, 5) is 79.2. The molecule has 4 aromatic rings. The maximum Gasteiger partial charge on any atom is 0.303 e. The molecule has 0 radical (unpaired) electrons. The van der Waals surface area contributed by atoms with Gasteiger partial charge in [-0.15, -0.1) is 0 Å². The van der Waals surface area contributed by atoms with E-state index in [2.05, 4.69) is 0 Å². The van der Waals surface area contributed by atoms with Crippen molar-refractivity contribution >= 4 is 35.1 Å². The second-order valence-electron chi connectivity index (χ2n) is 12.3. The lowest BCUT2D eigenvalue weighted by molar-refractivity contribution is -0.146. The molecule has 2 unspecified atom stereocenters. The summed E-state index contributed by atoms with van der Waals surface area (Å²) < 4.78 is 10.6. The molecule has 0 saturated carbocycles. The molecule has 0 fully saturated rings. The van der Waals surface area contributed by atoms with E-state index in [-0.39, 0.29) is 44.5 Å². The van der Waals surface area contributed by atoms with E-state index in [1.807, 2.05) is 0 Å². The van der Waals surface area contributed by atoms with E-state index in [1.165, 1.54) is 64.1 Å². The van der Waals surface area contributed by atoms with Gasteiger partial charge in [0.25, 0.3) is 0 Å². The number of ketones is 4. The third-order valence-corrected chi connectivity index (χ3v) is 9.10. The number of ether oxygens (including phenoxy) is 2. The van der Waals surface area contributed by atoms with Crippen LogP contribution >= 0.6 is 0 Å². The van der Waals surface area contributed by atoms with Crippen LogP contribution in [0.1, 0.15) is 126 Å². The SMILES string of the molecule is CC(=O)OC(C)c1c(C)cc(O)c2c1C(=O)c1ccc(-c3ccc4c(c3O)C(=O)c3c(O)cc(C)c(C(C)OC(C)=O)c3C4=O)c(O)c1C2=O. The van der Waals surface area contributed by atoms with Crippen LogP contribution < -0.4 is 0 Å². The van der Waals surface area contributed by atoms with Crippen molar-refractivity contribution in [3.63, 3.8) is 0 Å². The van der Waals surface area contributed by atoms with Gasteiger partial charge in [0.15, 0.2) is 11.6 Å². The Morgan fingerprint density at radius 1 is 0.520 bits per heavy atom. The van der Waals surface area contributed by atoms with Gasteiger partial charge >= 0.3 is 11.9 Å². The minimum atomic E-state index is -0.963. The Morgan fingerprint density at radius 2 is 0.840 bits per heavy atom. The molecule has 2 aliphatic carbocycles. The highest BCUT2D eigenvalue weighted by Crippen LogP contribution is 2.49. The third-order valence-electron chi connectivity index (χ3n) is 9.10. The number of fused-ring (bicyclic) bond motifs is 4. The van der Waals surface area contributed by atoms with Gasteiger partial charge in [-0.05, 0) is 75.2 Å². The van der Waals surface area contributed by atoms with Crippen LogP contribution in [0.2, 0.25) is 0 Å². The van der Waals surface area contributed by atoms with Crippen molar-refractivity contribution in [1.29, 1.82) is 0 Å². The van der Waals surface area contributed by atoms with Gasteiger partial charge in [0.1, 0.15) is 35.2 Å². The number of rotatable bonds is 5. The van der Waals surface area contributed by atoms with Crippen molar-refractivity contribution in [2.24, 2.45) is 0 Å². The molecule has 50 heavy (non-hydrogen) atoms. The minimum Gasteiger partial charge on any atom is -0.507 e. The molecular formula is C38H30O12. The fourth-order valence-corrected chi connectivity index (χ4v) is 7.20. The highest BCUT2D eigenvalue weighted by atomic mass is 16.5. The molecule has 6 rings (SSSR count). The Morgan fingerprint density at radius 3 is 1.16 bits per heavy atom. The first-order valence-electron chi connectivity index (χ1n) is 15.5. The molecule has 254 valence electrons. The van der Waals surface area contributed by atoms with Crippen LogP contribution in [-0.4, -0.2) is 55.5 Å². The van der Waals surface area contributed by atoms with Crippen LogP contribution in [0.4, 0.5) is 0 Å². The first-order chi connectivity index (χ1) is 23.5. The van der Waals surface area contributed by atoms with Crippen LogP contribution in [0.5, 0.6) is 23.0 Å².